The Morgan fingerprint density at radius 1 is 1.15 bits per heavy atom. The van der Waals surface area contributed by atoms with Crippen LogP contribution in [0.3, 0.4) is 0 Å². The second-order valence-corrected chi connectivity index (χ2v) is 8.58. The minimum absolute atomic E-state index is 0.107. The molecular weight excluding hydrogens is 442 g/mol. The maximum absolute atomic E-state index is 13.0. The molecule has 0 aromatic heterocycles. The van der Waals surface area contributed by atoms with Crippen LogP contribution in [0.4, 0.5) is 0 Å². The number of nitrogens with one attached hydrogen (secondary N) is 2. The third kappa shape index (κ3) is 7.70. The van der Waals surface area contributed by atoms with E-state index in [-0.39, 0.29) is 18.6 Å². The molecule has 0 saturated carbocycles. The van der Waals surface area contributed by atoms with Crippen molar-refractivity contribution >= 4 is 23.7 Å². The molecule has 1 saturated heterocycles. The average Bonchev–Trinajstić information content (AvgIpc) is 3.29. The Kier molecular flexibility index (Phi) is 10.3. The van der Waals surface area contributed by atoms with Crippen LogP contribution in [0.15, 0.2) is 24.3 Å². The number of phenolic OH excluding ortho intramolecular Hbond substituents is 1. The van der Waals surface area contributed by atoms with Crippen molar-refractivity contribution in [3.63, 3.8) is 0 Å². The van der Waals surface area contributed by atoms with E-state index >= 15 is 0 Å². The molecule has 1 aliphatic heterocycles. The number of hydrogen-bond donors (Lipinski definition) is 6. The molecule has 4 unspecified atom stereocenters. The van der Waals surface area contributed by atoms with Gasteiger partial charge in [-0.3, -0.25) is 14.4 Å². The Morgan fingerprint density at radius 2 is 1.82 bits per heavy atom. The number of amides is 3. The van der Waals surface area contributed by atoms with Crippen molar-refractivity contribution in [3.05, 3.63) is 29.8 Å². The zero-order valence-electron chi connectivity index (χ0n) is 19.4. The molecule has 1 aromatic carbocycles. The van der Waals surface area contributed by atoms with E-state index in [4.69, 9.17) is 11.5 Å². The third-order valence-corrected chi connectivity index (χ3v) is 5.86. The van der Waals surface area contributed by atoms with E-state index in [9.17, 15) is 29.4 Å². The Hall–Kier alpha value is -3.18. The number of hydrogen-bond acceptors (Lipinski definition) is 7. The number of carboxylic acids is 1. The average molecular weight is 478 g/mol. The van der Waals surface area contributed by atoms with E-state index in [1.807, 2.05) is 0 Å². The number of benzene rings is 1. The van der Waals surface area contributed by atoms with Crippen LogP contribution < -0.4 is 22.1 Å². The number of carbonyl (C=O) groups is 4. The van der Waals surface area contributed by atoms with Crippen LogP contribution in [0.25, 0.3) is 0 Å². The summed E-state index contributed by atoms with van der Waals surface area (Å²) < 4.78 is 0. The second-order valence-electron chi connectivity index (χ2n) is 8.58. The standard InChI is InChI=1S/C23H35N5O6/c1-14(26-20(30)17(25)13-15-7-9-16(29)10-8-15)22(32)28-12-4-6-19(28)21(31)27-18(23(33)34)5-2-3-11-24/h7-10,14,17-19,29H,2-6,11-13,24-25H2,1H3,(H,26,30)(H,27,31)(H,33,34). The highest BCUT2D eigenvalue weighted by atomic mass is 16.4. The quantitative estimate of drug-likeness (QED) is 0.216. The molecule has 0 radical (unpaired) electrons. The number of aliphatic carboxylic acids is 1. The first-order valence-corrected chi connectivity index (χ1v) is 11.5. The molecule has 8 N–H and O–H groups in total. The summed E-state index contributed by atoms with van der Waals surface area (Å²) in [6, 6.07) is 2.65. The zero-order chi connectivity index (χ0) is 25.3. The molecule has 1 aromatic rings. The van der Waals surface area contributed by atoms with Gasteiger partial charge in [-0.05, 0) is 69.7 Å². The van der Waals surface area contributed by atoms with Gasteiger partial charge in [-0.15, -0.1) is 0 Å². The molecule has 11 heteroatoms. The fraction of sp³-hybridized carbons (Fsp3) is 0.565. The Morgan fingerprint density at radius 3 is 2.44 bits per heavy atom. The van der Waals surface area contributed by atoms with Crippen molar-refractivity contribution in [3.8, 4) is 5.75 Å². The summed E-state index contributed by atoms with van der Waals surface area (Å²) in [6.45, 7) is 2.29. The highest BCUT2D eigenvalue weighted by Gasteiger charge is 2.37. The Labute approximate surface area is 198 Å². The number of nitrogens with zero attached hydrogens (tertiary/aromatic N) is 1. The van der Waals surface area contributed by atoms with Gasteiger partial charge in [0.1, 0.15) is 23.9 Å². The molecule has 0 aliphatic carbocycles. The number of unbranched alkanes of at least 4 members (excludes halogenated alkanes) is 1. The van der Waals surface area contributed by atoms with Crippen molar-refractivity contribution in [1.29, 1.82) is 0 Å². The number of aromatic hydroxyl groups is 1. The van der Waals surface area contributed by atoms with Gasteiger partial charge < -0.3 is 37.2 Å². The molecule has 0 spiro atoms. The summed E-state index contributed by atoms with van der Waals surface area (Å²) in [6.07, 6.45) is 2.70. The summed E-state index contributed by atoms with van der Waals surface area (Å²) in [7, 11) is 0. The first kappa shape index (κ1) is 27.1. The van der Waals surface area contributed by atoms with E-state index in [1.54, 1.807) is 12.1 Å². The summed E-state index contributed by atoms with van der Waals surface area (Å²) in [5.41, 5.74) is 12.2. The van der Waals surface area contributed by atoms with Crippen LogP contribution in [0.1, 0.15) is 44.6 Å². The minimum Gasteiger partial charge on any atom is -0.508 e. The van der Waals surface area contributed by atoms with Crippen molar-refractivity contribution in [2.24, 2.45) is 11.5 Å². The summed E-state index contributed by atoms with van der Waals surface area (Å²) >= 11 is 0. The lowest BCUT2D eigenvalue weighted by molar-refractivity contribution is -0.144. The van der Waals surface area contributed by atoms with Gasteiger partial charge in [-0.1, -0.05) is 12.1 Å². The zero-order valence-corrected chi connectivity index (χ0v) is 19.4. The predicted octanol–water partition coefficient (Wildman–Crippen LogP) is -0.544. The SMILES string of the molecule is CC(NC(=O)C(N)Cc1ccc(O)cc1)C(=O)N1CCCC1C(=O)NC(CCCCN)C(=O)O. The van der Waals surface area contributed by atoms with Gasteiger partial charge in [0.25, 0.3) is 0 Å². The maximum Gasteiger partial charge on any atom is 0.326 e. The fourth-order valence-corrected chi connectivity index (χ4v) is 3.93. The Balaban J connectivity index is 1.93. The molecule has 1 aliphatic rings. The topological polar surface area (TPSA) is 188 Å². The van der Waals surface area contributed by atoms with Crippen LogP contribution in [-0.4, -0.2) is 76.1 Å². The summed E-state index contributed by atoms with van der Waals surface area (Å²) in [5, 5.41) is 23.9. The molecule has 1 fully saturated rings. The van der Waals surface area contributed by atoms with Gasteiger partial charge in [0, 0.05) is 6.54 Å². The molecule has 2 rings (SSSR count). The van der Waals surface area contributed by atoms with E-state index in [1.165, 1.54) is 24.0 Å². The molecule has 11 nitrogen and oxygen atoms in total. The maximum atomic E-state index is 13.0. The molecule has 1 heterocycles. The van der Waals surface area contributed by atoms with Gasteiger partial charge in [-0.2, -0.15) is 0 Å². The molecule has 3 amide bonds. The smallest absolute Gasteiger partial charge is 0.326 e. The largest absolute Gasteiger partial charge is 0.508 e. The number of carbonyl (C=O) groups excluding carboxylic acids is 3. The van der Waals surface area contributed by atoms with Gasteiger partial charge in [-0.25, -0.2) is 4.79 Å². The molecule has 4 atom stereocenters. The number of likely N-dealkylation sites (tertiary alicyclic amines) is 1. The first-order valence-electron chi connectivity index (χ1n) is 11.5. The fourth-order valence-electron chi connectivity index (χ4n) is 3.93. The highest BCUT2D eigenvalue weighted by molar-refractivity contribution is 5.94. The highest BCUT2D eigenvalue weighted by Crippen LogP contribution is 2.19. The Bertz CT molecular complexity index is 862. The molecule has 188 valence electrons. The van der Waals surface area contributed by atoms with Crippen LogP contribution in [0, 0.1) is 0 Å². The van der Waals surface area contributed by atoms with Crippen LogP contribution in [0.2, 0.25) is 0 Å². The predicted molar refractivity (Wildman–Crippen MR) is 125 cm³/mol. The minimum atomic E-state index is -1.13. The van der Waals surface area contributed by atoms with E-state index in [0.29, 0.717) is 38.8 Å². The lowest BCUT2D eigenvalue weighted by Crippen LogP contribution is -2.56. The van der Waals surface area contributed by atoms with E-state index in [0.717, 1.165) is 5.56 Å². The van der Waals surface area contributed by atoms with Gasteiger partial charge in [0.05, 0.1) is 6.04 Å². The lowest BCUT2D eigenvalue weighted by atomic mass is 10.1. The number of phenols is 1. The van der Waals surface area contributed by atoms with Crippen molar-refractivity contribution in [2.45, 2.75) is 69.6 Å². The summed E-state index contributed by atoms with van der Waals surface area (Å²) in [5.74, 6) is -2.49. The van der Waals surface area contributed by atoms with Crippen LogP contribution >= 0.6 is 0 Å². The second kappa shape index (κ2) is 12.9. The number of rotatable bonds is 12. The monoisotopic (exact) mass is 477 g/mol. The van der Waals surface area contributed by atoms with Crippen LogP contribution in [0.5, 0.6) is 5.75 Å². The lowest BCUT2D eigenvalue weighted by Gasteiger charge is -2.28. The molecular formula is C23H35N5O6. The number of nitrogens with two attached hydrogens (primary N) is 2. The molecule has 34 heavy (non-hydrogen) atoms. The van der Waals surface area contributed by atoms with Gasteiger partial charge >= 0.3 is 5.97 Å². The van der Waals surface area contributed by atoms with Gasteiger partial charge in [0.2, 0.25) is 17.7 Å². The van der Waals surface area contributed by atoms with E-state index in [2.05, 4.69) is 10.6 Å². The van der Waals surface area contributed by atoms with Gasteiger partial charge in [0.15, 0.2) is 0 Å². The van der Waals surface area contributed by atoms with Crippen molar-refractivity contribution in [1.82, 2.24) is 15.5 Å². The van der Waals surface area contributed by atoms with E-state index < -0.39 is 47.9 Å². The van der Waals surface area contributed by atoms with Crippen LogP contribution in [-0.2, 0) is 25.6 Å². The normalized spacial score (nSPS) is 18.1. The first-order chi connectivity index (χ1) is 16.1. The van der Waals surface area contributed by atoms with Crippen molar-refractivity contribution in [2.75, 3.05) is 13.1 Å². The molecule has 0 bridgehead atoms. The third-order valence-electron chi connectivity index (χ3n) is 5.86. The summed E-state index contributed by atoms with van der Waals surface area (Å²) in [4.78, 5) is 51.1. The van der Waals surface area contributed by atoms with Crippen molar-refractivity contribution < 1.29 is 29.4 Å². The number of carboxylic acid groups (broad SMARTS) is 1.